The molecule has 0 aliphatic carbocycles. The molecule has 0 atom stereocenters. The summed E-state index contributed by atoms with van der Waals surface area (Å²) in [6.45, 7) is 0.272. The smallest absolute Gasteiger partial charge is 0.305 e. The summed E-state index contributed by atoms with van der Waals surface area (Å²) in [5, 5.41) is 14.6. The van der Waals surface area contributed by atoms with Gasteiger partial charge in [0.15, 0.2) is 0 Å². The summed E-state index contributed by atoms with van der Waals surface area (Å²) >= 11 is 0. The zero-order valence-corrected chi connectivity index (χ0v) is 9.11. The monoisotopic (exact) mass is 234 g/mol. The Hall–Kier alpha value is -2.44. The molecule has 0 saturated carbocycles. The number of aromatic nitrogens is 3. The first kappa shape index (κ1) is 11.1. The van der Waals surface area contributed by atoms with E-state index in [0.717, 1.165) is 5.56 Å². The highest BCUT2D eigenvalue weighted by atomic mass is 16.6. The maximum Gasteiger partial charge on any atom is 0.334 e. The van der Waals surface area contributed by atoms with Gasteiger partial charge in [-0.05, 0) is 6.07 Å². The van der Waals surface area contributed by atoms with Crippen molar-refractivity contribution in [3.05, 3.63) is 56.8 Å². The summed E-state index contributed by atoms with van der Waals surface area (Å²) in [5.74, 6) is 0. The molecule has 0 bridgehead atoms. The van der Waals surface area contributed by atoms with Crippen molar-refractivity contribution >= 4 is 5.69 Å². The maximum atomic E-state index is 11.7. The fourth-order valence-corrected chi connectivity index (χ4v) is 1.54. The first-order valence-corrected chi connectivity index (χ1v) is 4.89. The molecule has 0 fully saturated rings. The number of hydrogen-bond acceptors (Lipinski definition) is 4. The van der Waals surface area contributed by atoms with Crippen LogP contribution in [0.15, 0.2) is 35.5 Å². The van der Waals surface area contributed by atoms with Gasteiger partial charge >= 0.3 is 11.2 Å². The van der Waals surface area contributed by atoms with Gasteiger partial charge in [0.05, 0.1) is 17.7 Å². The van der Waals surface area contributed by atoms with Crippen molar-refractivity contribution in [2.45, 2.75) is 6.54 Å². The van der Waals surface area contributed by atoms with Crippen molar-refractivity contribution in [2.24, 2.45) is 7.05 Å². The molecule has 0 unspecified atom stereocenters. The molecule has 0 spiro atoms. The van der Waals surface area contributed by atoms with E-state index in [0.29, 0.717) is 0 Å². The van der Waals surface area contributed by atoms with Crippen molar-refractivity contribution in [2.75, 3.05) is 0 Å². The van der Waals surface area contributed by atoms with Crippen LogP contribution in [0, 0.1) is 10.1 Å². The number of nitrogens with zero attached hydrogens (tertiary/aromatic N) is 4. The van der Waals surface area contributed by atoms with E-state index >= 15 is 0 Å². The van der Waals surface area contributed by atoms with Crippen LogP contribution in [0.2, 0.25) is 0 Å². The van der Waals surface area contributed by atoms with Gasteiger partial charge < -0.3 is 4.57 Å². The Morgan fingerprint density at radius 2 is 2.29 bits per heavy atom. The van der Waals surface area contributed by atoms with Gasteiger partial charge in [-0.3, -0.25) is 19.6 Å². The van der Waals surface area contributed by atoms with E-state index in [-0.39, 0.29) is 6.54 Å². The highest BCUT2D eigenvalue weighted by Crippen LogP contribution is 2.04. The van der Waals surface area contributed by atoms with Crippen LogP contribution in [0.5, 0.6) is 0 Å². The highest BCUT2D eigenvalue weighted by Gasteiger charge is 2.13. The Morgan fingerprint density at radius 1 is 1.53 bits per heavy atom. The Balaban J connectivity index is 2.37. The molecule has 7 nitrogen and oxygen atoms in total. The minimum absolute atomic E-state index is 0.272. The molecule has 2 rings (SSSR count). The van der Waals surface area contributed by atoms with Crippen LogP contribution in [0.25, 0.3) is 0 Å². The molecular formula is C10H10N4O3. The summed E-state index contributed by atoms with van der Waals surface area (Å²) in [4.78, 5) is 21.6. The van der Waals surface area contributed by atoms with Crippen molar-refractivity contribution < 1.29 is 4.92 Å². The molecular weight excluding hydrogens is 224 g/mol. The molecule has 0 saturated heterocycles. The molecule has 7 heteroatoms. The Kier molecular flexibility index (Phi) is 2.73. The summed E-state index contributed by atoms with van der Waals surface area (Å²) in [7, 11) is 1.76. The lowest BCUT2D eigenvalue weighted by Crippen LogP contribution is -2.22. The van der Waals surface area contributed by atoms with Crippen LogP contribution in [-0.4, -0.2) is 19.3 Å². The Bertz CT molecular complexity index is 614. The van der Waals surface area contributed by atoms with Gasteiger partial charge in [0.25, 0.3) is 0 Å². The molecule has 0 N–H and O–H groups in total. The van der Waals surface area contributed by atoms with Gasteiger partial charge in [-0.1, -0.05) is 0 Å². The number of rotatable bonds is 3. The van der Waals surface area contributed by atoms with E-state index < -0.39 is 16.2 Å². The molecule has 0 radical (unpaired) electrons. The Labute approximate surface area is 96.1 Å². The van der Waals surface area contributed by atoms with Crippen molar-refractivity contribution in [3.8, 4) is 0 Å². The summed E-state index contributed by atoms with van der Waals surface area (Å²) < 4.78 is 2.90. The molecule has 2 aromatic rings. The van der Waals surface area contributed by atoms with Crippen LogP contribution in [0.1, 0.15) is 5.56 Å². The SMILES string of the molecule is Cn1cc(Cn2cccc([N+](=O)[O-])c2=O)cn1. The molecule has 0 aliphatic heterocycles. The average Bonchev–Trinajstić information content (AvgIpc) is 2.67. The first-order valence-electron chi connectivity index (χ1n) is 4.89. The average molecular weight is 234 g/mol. The number of nitro groups is 1. The van der Waals surface area contributed by atoms with Gasteiger partial charge in [-0.25, -0.2) is 0 Å². The third-order valence-corrected chi connectivity index (χ3v) is 2.31. The molecule has 17 heavy (non-hydrogen) atoms. The minimum atomic E-state index is -0.678. The Morgan fingerprint density at radius 3 is 2.88 bits per heavy atom. The van der Waals surface area contributed by atoms with E-state index in [4.69, 9.17) is 0 Å². The van der Waals surface area contributed by atoms with Crippen LogP contribution < -0.4 is 5.56 Å². The number of hydrogen-bond donors (Lipinski definition) is 0. The molecule has 2 heterocycles. The van der Waals surface area contributed by atoms with Gasteiger partial charge in [-0.15, -0.1) is 0 Å². The van der Waals surface area contributed by atoms with Crippen LogP contribution in [-0.2, 0) is 13.6 Å². The second-order valence-electron chi connectivity index (χ2n) is 3.61. The fourth-order valence-electron chi connectivity index (χ4n) is 1.54. The normalized spacial score (nSPS) is 10.4. The van der Waals surface area contributed by atoms with Crippen molar-refractivity contribution in [3.63, 3.8) is 0 Å². The number of pyridine rings is 1. The zero-order chi connectivity index (χ0) is 12.4. The third kappa shape index (κ3) is 2.22. The van der Waals surface area contributed by atoms with Crippen molar-refractivity contribution in [1.29, 1.82) is 0 Å². The summed E-state index contributed by atoms with van der Waals surface area (Å²) in [5.41, 5.74) is -0.215. The molecule has 0 amide bonds. The van der Waals surface area contributed by atoms with Crippen molar-refractivity contribution in [1.82, 2.24) is 14.3 Å². The van der Waals surface area contributed by atoms with Crippen LogP contribution in [0.3, 0.4) is 0 Å². The van der Waals surface area contributed by atoms with Gasteiger partial charge in [0.2, 0.25) is 0 Å². The predicted octanol–water partition coefficient (Wildman–Crippen LogP) is 0.538. The van der Waals surface area contributed by atoms with E-state index in [1.54, 1.807) is 24.1 Å². The lowest BCUT2D eigenvalue weighted by atomic mass is 10.3. The van der Waals surface area contributed by atoms with E-state index in [2.05, 4.69) is 5.10 Å². The summed E-state index contributed by atoms with van der Waals surface area (Å²) in [6, 6.07) is 2.68. The predicted molar refractivity (Wildman–Crippen MR) is 59.7 cm³/mol. The second-order valence-corrected chi connectivity index (χ2v) is 3.61. The molecule has 2 aromatic heterocycles. The molecule has 0 aliphatic rings. The second kappa shape index (κ2) is 4.20. The van der Waals surface area contributed by atoms with E-state index in [9.17, 15) is 14.9 Å². The zero-order valence-electron chi connectivity index (χ0n) is 9.11. The van der Waals surface area contributed by atoms with Crippen LogP contribution >= 0.6 is 0 Å². The maximum absolute atomic E-state index is 11.7. The largest absolute Gasteiger partial charge is 0.334 e. The van der Waals surface area contributed by atoms with Crippen LogP contribution in [0.4, 0.5) is 5.69 Å². The van der Waals surface area contributed by atoms with Gasteiger partial charge in [0, 0.05) is 31.1 Å². The molecule has 88 valence electrons. The van der Waals surface area contributed by atoms with E-state index in [1.165, 1.54) is 22.9 Å². The quantitative estimate of drug-likeness (QED) is 0.573. The number of aryl methyl sites for hydroxylation is 1. The third-order valence-electron chi connectivity index (χ3n) is 2.31. The minimum Gasteiger partial charge on any atom is -0.305 e. The fraction of sp³-hybridized carbons (Fsp3) is 0.200. The first-order chi connectivity index (χ1) is 8.08. The lowest BCUT2D eigenvalue weighted by Gasteiger charge is -2.02. The van der Waals surface area contributed by atoms with Gasteiger partial charge in [-0.2, -0.15) is 5.10 Å². The van der Waals surface area contributed by atoms with Gasteiger partial charge in [0.1, 0.15) is 0 Å². The molecule has 0 aromatic carbocycles. The topological polar surface area (TPSA) is 83.0 Å². The van der Waals surface area contributed by atoms with E-state index in [1.807, 2.05) is 0 Å². The summed E-state index contributed by atoms with van der Waals surface area (Å²) in [6.07, 6.45) is 4.89. The lowest BCUT2D eigenvalue weighted by molar-refractivity contribution is -0.386. The highest BCUT2D eigenvalue weighted by molar-refractivity contribution is 5.25. The standard InChI is InChI=1S/C10H10N4O3/c1-12-6-8(5-11-12)7-13-4-2-3-9(10(13)15)14(16)17/h2-6H,7H2,1H3.